The molecule has 0 saturated carbocycles. The van der Waals surface area contributed by atoms with E-state index in [0.717, 1.165) is 27.1 Å². The van der Waals surface area contributed by atoms with Gasteiger partial charge in [-0.15, -0.1) is 11.3 Å². The molecule has 0 saturated heterocycles. The maximum absolute atomic E-state index is 13.1. The molecule has 36 heavy (non-hydrogen) atoms. The maximum atomic E-state index is 13.1. The number of hydrogen-bond acceptors (Lipinski definition) is 3. The van der Waals surface area contributed by atoms with Gasteiger partial charge in [-0.1, -0.05) is 103 Å². The van der Waals surface area contributed by atoms with Gasteiger partial charge in [-0.05, 0) is 45.8 Å². The molecule has 0 fully saturated rings. The van der Waals surface area contributed by atoms with Gasteiger partial charge in [0.15, 0.2) is 0 Å². The van der Waals surface area contributed by atoms with E-state index in [1.807, 2.05) is 115 Å². The standard InChI is InChI=1S/C32H26O3S/c33-31(34)32(23-25-12-6-2-7-13-25,29-20-21-36-30(29)22-24-10-4-1-5-11-24)35-28-18-16-27(17-19-28)26-14-8-3-9-15-26/h1-21H,22-23H2,(H,33,34). The zero-order valence-corrected chi connectivity index (χ0v) is 20.5. The third kappa shape index (κ3) is 5.09. The Labute approximate surface area is 215 Å². The first-order chi connectivity index (χ1) is 17.6. The fraction of sp³-hybridized carbons (Fsp3) is 0.0938. The molecule has 0 aliphatic carbocycles. The van der Waals surface area contributed by atoms with Crippen molar-refractivity contribution in [3.05, 3.63) is 148 Å². The Balaban J connectivity index is 1.55. The topological polar surface area (TPSA) is 46.5 Å². The highest BCUT2D eigenvalue weighted by molar-refractivity contribution is 7.10. The van der Waals surface area contributed by atoms with Crippen molar-refractivity contribution < 1.29 is 14.6 Å². The van der Waals surface area contributed by atoms with Gasteiger partial charge in [0.25, 0.3) is 0 Å². The minimum Gasteiger partial charge on any atom is -0.478 e. The van der Waals surface area contributed by atoms with Crippen LogP contribution < -0.4 is 4.74 Å². The van der Waals surface area contributed by atoms with Crippen molar-refractivity contribution >= 4 is 17.3 Å². The molecule has 4 aromatic carbocycles. The highest BCUT2D eigenvalue weighted by Gasteiger charge is 2.45. The minimum absolute atomic E-state index is 0.210. The molecule has 1 aromatic heterocycles. The molecule has 0 radical (unpaired) electrons. The number of benzene rings is 4. The number of carboxylic acids is 1. The maximum Gasteiger partial charge on any atom is 0.353 e. The van der Waals surface area contributed by atoms with Crippen LogP contribution in [0.1, 0.15) is 21.6 Å². The van der Waals surface area contributed by atoms with Crippen molar-refractivity contribution in [3.63, 3.8) is 0 Å². The van der Waals surface area contributed by atoms with E-state index in [4.69, 9.17) is 4.74 Å². The first-order valence-corrected chi connectivity index (χ1v) is 12.7. The molecule has 0 aliphatic heterocycles. The summed E-state index contributed by atoms with van der Waals surface area (Å²) in [7, 11) is 0. The highest BCUT2D eigenvalue weighted by atomic mass is 32.1. The van der Waals surface area contributed by atoms with E-state index in [2.05, 4.69) is 12.1 Å². The molecule has 5 rings (SSSR count). The molecule has 1 unspecified atom stereocenters. The number of aliphatic carboxylic acids is 1. The van der Waals surface area contributed by atoms with E-state index in [-0.39, 0.29) is 6.42 Å². The Morgan fingerprint density at radius 1 is 0.694 bits per heavy atom. The van der Waals surface area contributed by atoms with Crippen LogP contribution in [-0.4, -0.2) is 11.1 Å². The van der Waals surface area contributed by atoms with Crippen LogP contribution >= 0.6 is 11.3 Å². The predicted octanol–water partition coefficient (Wildman–Crippen LogP) is 7.61. The SMILES string of the molecule is O=C(O)C(Cc1ccccc1)(Oc1ccc(-c2ccccc2)cc1)c1ccsc1Cc1ccccc1. The molecular formula is C32H26O3S. The summed E-state index contributed by atoms with van der Waals surface area (Å²) in [6.45, 7) is 0. The number of thiophene rings is 1. The third-order valence-electron chi connectivity index (χ3n) is 6.28. The molecular weight excluding hydrogens is 464 g/mol. The van der Waals surface area contributed by atoms with Crippen LogP contribution in [0.25, 0.3) is 11.1 Å². The molecule has 1 heterocycles. The van der Waals surface area contributed by atoms with Crippen molar-refractivity contribution in [1.82, 2.24) is 0 Å². The van der Waals surface area contributed by atoms with Crippen molar-refractivity contribution in [1.29, 1.82) is 0 Å². The Bertz CT molecular complexity index is 1410. The lowest BCUT2D eigenvalue weighted by Crippen LogP contribution is -2.44. The number of hydrogen-bond donors (Lipinski definition) is 1. The van der Waals surface area contributed by atoms with Crippen LogP contribution in [0, 0.1) is 0 Å². The van der Waals surface area contributed by atoms with Gasteiger partial charge in [-0.2, -0.15) is 0 Å². The van der Waals surface area contributed by atoms with Gasteiger partial charge in [-0.3, -0.25) is 0 Å². The summed E-state index contributed by atoms with van der Waals surface area (Å²) in [5.74, 6) is -0.490. The molecule has 4 heteroatoms. The average Bonchev–Trinajstić information content (AvgIpc) is 3.39. The Morgan fingerprint density at radius 3 is 1.86 bits per heavy atom. The molecule has 5 aromatic rings. The van der Waals surface area contributed by atoms with Crippen molar-refractivity contribution in [2.45, 2.75) is 18.4 Å². The fourth-order valence-corrected chi connectivity index (χ4v) is 5.45. The van der Waals surface area contributed by atoms with Crippen molar-refractivity contribution in [2.75, 3.05) is 0 Å². The zero-order chi connectivity index (χ0) is 24.8. The summed E-state index contributed by atoms with van der Waals surface area (Å²) in [6, 6.07) is 39.4. The van der Waals surface area contributed by atoms with Crippen LogP contribution in [0.2, 0.25) is 0 Å². The van der Waals surface area contributed by atoms with Crippen molar-refractivity contribution in [3.8, 4) is 16.9 Å². The second-order valence-corrected chi connectivity index (χ2v) is 9.71. The first-order valence-electron chi connectivity index (χ1n) is 11.9. The Hall–Kier alpha value is -4.15. The zero-order valence-electron chi connectivity index (χ0n) is 19.7. The normalized spacial score (nSPS) is 12.6. The number of ether oxygens (including phenoxy) is 1. The number of carboxylic acid groups (broad SMARTS) is 1. The third-order valence-corrected chi connectivity index (χ3v) is 7.20. The number of rotatable bonds is 9. The molecule has 1 atom stereocenters. The van der Waals surface area contributed by atoms with Gasteiger partial charge >= 0.3 is 5.97 Å². The summed E-state index contributed by atoms with van der Waals surface area (Å²) in [5.41, 5.74) is 3.30. The lowest BCUT2D eigenvalue weighted by molar-refractivity contribution is -0.156. The fourth-order valence-electron chi connectivity index (χ4n) is 4.47. The largest absolute Gasteiger partial charge is 0.478 e. The van der Waals surface area contributed by atoms with E-state index >= 15 is 0 Å². The van der Waals surface area contributed by atoms with E-state index in [0.29, 0.717) is 17.7 Å². The monoisotopic (exact) mass is 490 g/mol. The van der Waals surface area contributed by atoms with E-state index in [1.165, 1.54) is 0 Å². The molecule has 0 spiro atoms. The van der Waals surface area contributed by atoms with E-state index < -0.39 is 11.6 Å². The summed E-state index contributed by atoms with van der Waals surface area (Å²) in [5, 5.41) is 12.7. The molecule has 3 nitrogen and oxygen atoms in total. The van der Waals surface area contributed by atoms with Gasteiger partial charge in [0.1, 0.15) is 5.75 Å². The Morgan fingerprint density at radius 2 is 1.25 bits per heavy atom. The van der Waals surface area contributed by atoms with Crippen LogP contribution in [-0.2, 0) is 23.2 Å². The smallest absolute Gasteiger partial charge is 0.353 e. The van der Waals surface area contributed by atoms with Crippen LogP contribution in [0.5, 0.6) is 5.75 Å². The summed E-state index contributed by atoms with van der Waals surface area (Å²) < 4.78 is 6.49. The van der Waals surface area contributed by atoms with Gasteiger partial charge in [0.05, 0.1) is 0 Å². The second kappa shape index (κ2) is 10.6. The summed E-state index contributed by atoms with van der Waals surface area (Å²) in [4.78, 5) is 14.1. The Kier molecular flexibility index (Phi) is 6.96. The van der Waals surface area contributed by atoms with Crippen LogP contribution in [0.15, 0.2) is 127 Å². The quantitative estimate of drug-likeness (QED) is 0.231. The van der Waals surface area contributed by atoms with E-state index in [1.54, 1.807) is 11.3 Å². The van der Waals surface area contributed by atoms with Gasteiger partial charge in [-0.25, -0.2) is 4.79 Å². The molecule has 178 valence electrons. The molecule has 0 amide bonds. The first kappa shape index (κ1) is 23.6. The average molecular weight is 491 g/mol. The van der Waals surface area contributed by atoms with Crippen molar-refractivity contribution in [2.24, 2.45) is 0 Å². The molecule has 0 bridgehead atoms. The summed E-state index contributed by atoms with van der Waals surface area (Å²) >= 11 is 1.57. The van der Waals surface area contributed by atoms with E-state index in [9.17, 15) is 9.90 Å². The lowest BCUT2D eigenvalue weighted by atomic mass is 9.86. The van der Waals surface area contributed by atoms with Gasteiger partial charge in [0, 0.05) is 23.3 Å². The van der Waals surface area contributed by atoms with Gasteiger partial charge in [0.2, 0.25) is 5.60 Å². The van der Waals surface area contributed by atoms with Crippen LogP contribution in [0.3, 0.4) is 0 Å². The highest BCUT2D eigenvalue weighted by Crippen LogP contribution is 2.38. The second-order valence-electron chi connectivity index (χ2n) is 8.71. The van der Waals surface area contributed by atoms with Gasteiger partial charge < -0.3 is 9.84 Å². The summed E-state index contributed by atoms with van der Waals surface area (Å²) in [6.07, 6.45) is 0.857. The minimum atomic E-state index is -1.57. The number of carbonyl (C=O) groups is 1. The molecule has 0 aliphatic rings. The lowest BCUT2D eigenvalue weighted by Gasteiger charge is -2.31. The predicted molar refractivity (Wildman–Crippen MR) is 146 cm³/mol. The molecule has 1 N–H and O–H groups in total. The van der Waals surface area contributed by atoms with Crippen LogP contribution in [0.4, 0.5) is 0 Å².